The first-order chi connectivity index (χ1) is 15.0. The highest BCUT2D eigenvalue weighted by molar-refractivity contribution is 7.80. The van der Waals surface area contributed by atoms with Crippen molar-refractivity contribution in [3.63, 3.8) is 0 Å². The van der Waals surface area contributed by atoms with Gasteiger partial charge in [-0.05, 0) is 68.9 Å². The lowest BCUT2D eigenvalue weighted by atomic mass is 9.97. The Labute approximate surface area is 188 Å². The van der Waals surface area contributed by atoms with E-state index < -0.39 is 0 Å². The summed E-state index contributed by atoms with van der Waals surface area (Å²) in [6.45, 7) is 7.44. The second-order valence-electron chi connectivity index (χ2n) is 7.74. The molecule has 1 aliphatic rings. The second kappa shape index (κ2) is 8.89. The number of amides is 1. The van der Waals surface area contributed by atoms with Crippen LogP contribution in [0.4, 0.5) is 5.69 Å². The van der Waals surface area contributed by atoms with E-state index in [1.165, 1.54) is 11.4 Å². The molecule has 160 valence electrons. The summed E-state index contributed by atoms with van der Waals surface area (Å²) in [7, 11) is 0. The quantitative estimate of drug-likeness (QED) is 0.573. The number of rotatable bonds is 6. The maximum Gasteiger partial charge on any atom is 0.244 e. The van der Waals surface area contributed by atoms with Crippen LogP contribution in [0.5, 0.6) is 0 Å². The van der Waals surface area contributed by atoms with Crippen molar-refractivity contribution in [1.29, 1.82) is 0 Å². The van der Waals surface area contributed by atoms with Gasteiger partial charge in [-0.15, -0.1) is 0 Å². The van der Waals surface area contributed by atoms with Crippen LogP contribution in [-0.4, -0.2) is 32.0 Å². The summed E-state index contributed by atoms with van der Waals surface area (Å²) in [5.41, 5.74) is 5.22. The highest BCUT2D eigenvalue weighted by Crippen LogP contribution is 2.40. The Morgan fingerprint density at radius 1 is 1.16 bits per heavy atom. The Morgan fingerprint density at radius 2 is 1.90 bits per heavy atom. The molecule has 3 aromatic rings. The van der Waals surface area contributed by atoms with Gasteiger partial charge in [-0.2, -0.15) is 0 Å². The average molecular weight is 434 g/mol. The molecule has 1 saturated heterocycles. The number of para-hydroxylation sites is 1. The van der Waals surface area contributed by atoms with Gasteiger partial charge in [0, 0.05) is 29.8 Å². The lowest BCUT2D eigenvalue weighted by Gasteiger charge is -2.27. The Morgan fingerprint density at radius 3 is 2.55 bits per heavy atom. The Bertz CT molecular complexity index is 1080. The van der Waals surface area contributed by atoms with Crippen LogP contribution in [0.2, 0.25) is 0 Å². The summed E-state index contributed by atoms with van der Waals surface area (Å²) in [4.78, 5) is 19.4. The van der Waals surface area contributed by atoms with Crippen molar-refractivity contribution in [2.24, 2.45) is 0 Å². The standard InChI is InChI=1S/C24H27N5OS/c1-4-28-16(2)14-19(17(28)3)23-22(20-12-8-9-13-25-20)27-24(31)29(23)15-21(30)26-18-10-6-5-7-11-18/h5-14,22-23H,4,15H2,1-3H3,(H,26,30)(H,27,31)/t22-,23-/m0/s1. The first-order valence-corrected chi connectivity index (χ1v) is 10.9. The van der Waals surface area contributed by atoms with Crippen molar-refractivity contribution in [2.75, 3.05) is 11.9 Å². The van der Waals surface area contributed by atoms with Crippen molar-refractivity contribution >= 4 is 28.9 Å². The normalized spacial score (nSPS) is 18.2. The van der Waals surface area contributed by atoms with Gasteiger partial charge in [0.2, 0.25) is 5.91 Å². The van der Waals surface area contributed by atoms with E-state index in [4.69, 9.17) is 12.2 Å². The zero-order chi connectivity index (χ0) is 22.0. The molecule has 1 amide bonds. The van der Waals surface area contributed by atoms with E-state index in [-0.39, 0.29) is 24.5 Å². The van der Waals surface area contributed by atoms with Gasteiger partial charge >= 0.3 is 0 Å². The fourth-order valence-corrected chi connectivity index (χ4v) is 4.71. The fraction of sp³-hybridized carbons (Fsp3) is 0.292. The van der Waals surface area contributed by atoms with Gasteiger partial charge in [-0.1, -0.05) is 24.3 Å². The van der Waals surface area contributed by atoms with Gasteiger partial charge in [0.05, 0.1) is 17.8 Å². The van der Waals surface area contributed by atoms with Crippen LogP contribution in [0.15, 0.2) is 60.8 Å². The van der Waals surface area contributed by atoms with E-state index in [0.717, 1.165) is 23.5 Å². The van der Waals surface area contributed by atoms with Gasteiger partial charge in [-0.25, -0.2) is 0 Å². The van der Waals surface area contributed by atoms with E-state index in [0.29, 0.717) is 5.11 Å². The fourth-order valence-electron chi connectivity index (χ4n) is 4.40. The van der Waals surface area contributed by atoms with Crippen LogP contribution in [0, 0.1) is 13.8 Å². The minimum atomic E-state index is -0.135. The van der Waals surface area contributed by atoms with Gasteiger partial charge < -0.3 is 20.1 Å². The Kier molecular flexibility index (Phi) is 6.04. The number of nitrogens with zero attached hydrogens (tertiary/aromatic N) is 3. The van der Waals surface area contributed by atoms with Crippen LogP contribution in [-0.2, 0) is 11.3 Å². The third-order valence-electron chi connectivity index (χ3n) is 5.82. The summed E-state index contributed by atoms with van der Waals surface area (Å²) in [6, 6.07) is 17.3. The number of hydrogen-bond acceptors (Lipinski definition) is 3. The number of thiocarbonyl (C=S) groups is 1. The van der Waals surface area contributed by atoms with Crippen LogP contribution >= 0.6 is 12.2 Å². The topological polar surface area (TPSA) is 62.2 Å². The maximum atomic E-state index is 12.9. The summed E-state index contributed by atoms with van der Waals surface area (Å²) in [5.74, 6) is -0.105. The number of aryl methyl sites for hydroxylation is 1. The van der Waals surface area contributed by atoms with Gasteiger partial charge in [-0.3, -0.25) is 9.78 Å². The zero-order valence-corrected chi connectivity index (χ0v) is 18.8. The number of benzene rings is 1. The third kappa shape index (κ3) is 4.18. The van der Waals surface area contributed by atoms with Gasteiger partial charge in [0.15, 0.2) is 5.11 Å². The number of hydrogen-bond donors (Lipinski definition) is 2. The molecular formula is C24H27N5OS. The van der Waals surface area contributed by atoms with Crippen molar-refractivity contribution < 1.29 is 4.79 Å². The molecule has 0 saturated carbocycles. The predicted molar refractivity (Wildman–Crippen MR) is 127 cm³/mol. The highest BCUT2D eigenvalue weighted by Gasteiger charge is 2.42. The van der Waals surface area contributed by atoms with Crippen LogP contribution in [0.3, 0.4) is 0 Å². The van der Waals surface area contributed by atoms with Crippen LogP contribution in [0.25, 0.3) is 0 Å². The molecule has 2 atom stereocenters. The molecule has 2 N–H and O–H groups in total. The van der Waals surface area contributed by atoms with Crippen LogP contribution < -0.4 is 10.6 Å². The number of pyridine rings is 1. The van der Waals surface area contributed by atoms with Crippen molar-refractivity contribution in [2.45, 2.75) is 39.4 Å². The molecule has 1 aliphatic heterocycles. The molecule has 0 bridgehead atoms. The Balaban J connectivity index is 1.69. The van der Waals surface area contributed by atoms with E-state index in [1.807, 2.05) is 53.4 Å². The summed E-state index contributed by atoms with van der Waals surface area (Å²) in [6.07, 6.45) is 1.79. The molecule has 3 heterocycles. The summed E-state index contributed by atoms with van der Waals surface area (Å²) in [5, 5.41) is 6.95. The molecule has 1 fully saturated rings. The lowest BCUT2D eigenvalue weighted by Crippen LogP contribution is -2.37. The number of nitrogens with one attached hydrogen (secondary N) is 2. The molecule has 1 aromatic carbocycles. The molecule has 4 rings (SSSR count). The molecule has 31 heavy (non-hydrogen) atoms. The predicted octanol–water partition coefficient (Wildman–Crippen LogP) is 4.13. The van der Waals surface area contributed by atoms with Gasteiger partial charge in [0.1, 0.15) is 6.54 Å². The second-order valence-corrected chi connectivity index (χ2v) is 8.13. The maximum absolute atomic E-state index is 12.9. The summed E-state index contributed by atoms with van der Waals surface area (Å²) >= 11 is 5.69. The van der Waals surface area contributed by atoms with Gasteiger partial charge in [0.25, 0.3) is 0 Å². The number of anilines is 1. The minimum absolute atomic E-state index is 0.105. The smallest absolute Gasteiger partial charge is 0.244 e. The molecule has 7 heteroatoms. The van der Waals surface area contributed by atoms with Crippen molar-refractivity contribution in [3.8, 4) is 0 Å². The zero-order valence-electron chi connectivity index (χ0n) is 18.0. The largest absolute Gasteiger partial charge is 0.352 e. The number of carbonyl (C=O) groups is 1. The monoisotopic (exact) mass is 433 g/mol. The molecular weight excluding hydrogens is 406 g/mol. The third-order valence-corrected chi connectivity index (χ3v) is 6.17. The average Bonchev–Trinajstić information content (AvgIpc) is 3.24. The van der Waals surface area contributed by atoms with E-state index in [9.17, 15) is 4.79 Å². The lowest BCUT2D eigenvalue weighted by molar-refractivity contribution is -0.116. The molecule has 0 spiro atoms. The minimum Gasteiger partial charge on any atom is -0.352 e. The van der Waals surface area contributed by atoms with Crippen molar-refractivity contribution in [3.05, 3.63) is 83.4 Å². The van der Waals surface area contributed by atoms with E-state index in [1.54, 1.807) is 6.20 Å². The molecule has 0 aliphatic carbocycles. The Hall–Kier alpha value is -3.19. The number of carbonyl (C=O) groups excluding carboxylic acids is 1. The van der Waals surface area contributed by atoms with E-state index >= 15 is 0 Å². The molecule has 6 nitrogen and oxygen atoms in total. The molecule has 0 radical (unpaired) electrons. The molecule has 2 aromatic heterocycles. The summed E-state index contributed by atoms with van der Waals surface area (Å²) < 4.78 is 2.29. The SMILES string of the molecule is CCn1c(C)cc([C@H]2[C@H](c3ccccn3)NC(=S)N2CC(=O)Nc2ccccc2)c1C. The highest BCUT2D eigenvalue weighted by atomic mass is 32.1. The van der Waals surface area contributed by atoms with Crippen molar-refractivity contribution in [1.82, 2.24) is 19.8 Å². The van der Waals surface area contributed by atoms with Crippen LogP contribution in [0.1, 0.15) is 41.7 Å². The first-order valence-electron chi connectivity index (χ1n) is 10.5. The number of aromatic nitrogens is 2. The van der Waals surface area contributed by atoms with E-state index in [2.05, 4.69) is 47.0 Å². The first kappa shape index (κ1) is 21.1. The molecule has 0 unspecified atom stereocenters.